The van der Waals surface area contributed by atoms with E-state index in [-0.39, 0.29) is 0 Å². The first-order valence-corrected chi connectivity index (χ1v) is 5.78. The van der Waals surface area contributed by atoms with E-state index in [2.05, 4.69) is 29.8 Å². The molecule has 1 heterocycles. The van der Waals surface area contributed by atoms with Crippen LogP contribution in [-0.2, 0) is 4.74 Å². The minimum absolute atomic E-state index is 0.346. The summed E-state index contributed by atoms with van der Waals surface area (Å²) in [7, 11) is 0. The molecule has 18 heavy (non-hydrogen) atoms. The molecular formula is C14H19N3O. The number of allylic oxidation sites excluding steroid dienone is 5. The molecule has 0 spiro atoms. The topological polar surface area (TPSA) is 48.7 Å². The molecule has 1 fully saturated rings. The van der Waals surface area contributed by atoms with E-state index in [1.54, 1.807) is 24.3 Å². The van der Waals surface area contributed by atoms with Crippen LogP contribution in [0.3, 0.4) is 0 Å². The molecule has 0 aromatic rings. The molecule has 0 radical (unpaired) electrons. The van der Waals surface area contributed by atoms with Crippen molar-refractivity contribution < 1.29 is 4.74 Å². The van der Waals surface area contributed by atoms with Crippen LogP contribution in [0.1, 0.15) is 0 Å². The molecule has 1 aliphatic heterocycles. The summed E-state index contributed by atoms with van der Waals surface area (Å²) in [6, 6.07) is 0. The molecule has 1 saturated heterocycles. The molecule has 1 rings (SSSR count). The summed E-state index contributed by atoms with van der Waals surface area (Å²) in [5.41, 5.74) is 1.05. The predicted octanol–water partition coefficient (Wildman–Crippen LogP) is 2.18. The Labute approximate surface area is 108 Å². The van der Waals surface area contributed by atoms with Crippen molar-refractivity contribution in [3.8, 4) is 0 Å². The molecule has 0 atom stereocenters. The van der Waals surface area contributed by atoms with Gasteiger partial charge in [0, 0.05) is 19.2 Å². The van der Waals surface area contributed by atoms with Crippen molar-refractivity contribution in [1.29, 1.82) is 5.41 Å². The van der Waals surface area contributed by atoms with Crippen LogP contribution in [0.15, 0.2) is 53.8 Å². The van der Waals surface area contributed by atoms with Gasteiger partial charge >= 0.3 is 0 Å². The van der Waals surface area contributed by atoms with Crippen molar-refractivity contribution in [2.24, 2.45) is 4.99 Å². The van der Waals surface area contributed by atoms with Gasteiger partial charge in [-0.25, -0.2) is 4.99 Å². The van der Waals surface area contributed by atoms with Gasteiger partial charge in [0.05, 0.1) is 18.9 Å². The second-order valence-corrected chi connectivity index (χ2v) is 3.74. The lowest BCUT2D eigenvalue weighted by molar-refractivity contribution is 0.0533. The summed E-state index contributed by atoms with van der Waals surface area (Å²) in [6.45, 7) is 13.7. The average molecular weight is 245 g/mol. The molecule has 4 heteroatoms. The van der Waals surface area contributed by atoms with Crippen molar-refractivity contribution in [2.45, 2.75) is 0 Å². The van der Waals surface area contributed by atoms with Crippen molar-refractivity contribution in [2.75, 3.05) is 26.3 Å². The molecule has 1 aliphatic rings. The number of hydrogen-bond donors (Lipinski definition) is 1. The predicted molar refractivity (Wildman–Crippen MR) is 76.2 cm³/mol. The fourth-order valence-electron chi connectivity index (χ4n) is 1.64. The minimum Gasteiger partial charge on any atom is -0.378 e. The van der Waals surface area contributed by atoms with E-state index in [4.69, 9.17) is 10.1 Å². The van der Waals surface area contributed by atoms with Gasteiger partial charge in [0.2, 0.25) is 0 Å². The summed E-state index contributed by atoms with van der Waals surface area (Å²) >= 11 is 0. The summed E-state index contributed by atoms with van der Waals surface area (Å²) < 4.78 is 5.28. The van der Waals surface area contributed by atoms with E-state index in [0.717, 1.165) is 13.1 Å². The zero-order valence-corrected chi connectivity index (χ0v) is 10.6. The number of aliphatic imine (C=N–C) groups is 1. The van der Waals surface area contributed by atoms with E-state index in [1.807, 2.05) is 0 Å². The fourth-order valence-corrected chi connectivity index (χ4v) is 1.64. The third-order valence-electron chi connectivity index (χ3n) is 2.60. The molecular weight excluding hydrogens is 226 g/mol. The number of nitrogens with zero attached hydrogens (tertiary/aromatic N) is 2. The Balaban J connectivity index is 2.85. The molecule has 0 aliphatic carbocycles. The Morgan fingerprint density at radius 2 is 1.94 bits per heavy atom. The first-order chi connectivity index (χ1) is 8.72. The summed E-state index contributed by atoms with van der Waals surface area (Å²) in [6.07, 6.45) is 6.69. The largest absolute Gasteiger partial charge is 0.378 e. The first kappa shape index (κ1) is 14.1. The lowest BCUT2D eigenvalue weighted by atomic mass is 10.1. The van der Waals surface area contributed by atoms with Crippen molar-refractivity contribution >= 4 is 12.4 Å². The third kappa shape index (κ3) is 3.82. The van der Waals surface area contributed by atoms with Crippen LogP contribution >= 0.6 is 0 Å². The molecule has 0 amide bonds. The van der Waals surface area contributed by atoms with Gasteiger partial charge in [0.25, 0.3) is 0 Å². The van der Waals surface area contributed by atoms with Gasteiger partial charge in [-0.1, -0.05) is 31.4 Å². The van der Waals surface area contributed by atoms with Gasteiger partial charge in [-0.2, -0.15) is 0 Å². The van der Waals surface area contributed by atoms with Crippen LogP contribution in [-0.4, -0.2) is 43.6 Å². The molecule has 96 valence electrons. The molecule has 1 N–H and O–H groups in total. The Morgan fingerprint density at radius 1 is 1.28 bits per heavy atom. The Bertz CT molecular complexity index is 401. The van der Waals surface area contributed by atoms with Gasteiger partial charge in [0.15, 0.2) is 0 Å². The van der Waals surface area contributed by atoms with Gasteiger partial charge in [0.1, 0.15) is 5.82 Å². The SMILES string of the molecule is C=C/C=C(\C=C)C(=N)/C=C(\N=C)N1CCOCC1. The van der Waals surface area contributed by atoms with Crippen LogP contribution in [0.25, 0.3) is 0 Å². The molecule has 0 aromatic carbocycles. The van der Waals surface area contributed by atoms with Gasteiger partial charge in [-0.3, -0.25) is 0 Å². The summed E-state index contributed by atoms with van der Waals surface area (Å²) in [5.74, 6) is 0.695. The highest BCUT2D eigenvalue weighted by molar-refractivity contribution is 6.08. The van der Waals surface area contributed by atoms with Crippen molar-refractivity contribution in [3.05, 3.63) is 48.9 Å². The third-order valence-corrected chi connectivity index (χ3v) is 2.60. The highest BCUT2D eigenvalue weighted by atomic mass is 16.5. The monoisotopic (exact) mass is 245 g/mol. The van der Waals surface area contributed by atoms with Gasteiger partial charge in [-0.15, -0.1) is 0 Å². The number of nitrogens with one attached hydrogen (secondary N) is 1. The van der Waals surface area contributed by atoms with Crippen LogP contribution in [0, 0.1) is 5.41 Å². The van der Waals surface area contributed by atoms with Gasteiger partial charge in [-0.05, 0) is 12.3 Å². The first-order valence-electron chi connectivity index (χ1n) is 5.78. The number of morpholine rings is 1. The highest BCUT2D eigenvalue weighted by Crippen LogP contribution is 2.11. The van der Waals surface area contributed by atoms with Crippen molar-refractivity contribution in [1.82, 2.24) is 4.90 Å². The normalized spacial score (nSPS) is 17.2. The number of ether oxygens (including phenoxy) is 1. The number of rotatable bonds is 6. The Morgan fingerprint density at radius 3 is 2.44 bits per heavy atom. The highest BCUT2D eigenvalue weighted by Gasteiger charge is 2.13. The molecule has 4 nitrogen and oxygen atoms in total. The maximum Gasteiger partial charge on any atom is 0.130 e. The second-order valence-electron chi connectivity index (χ2n) is 3.74. The summed E-state index contributed by atoms with van der Waals surface area (Å²) in [5, 5.41) is 7.99. The van der Waals surface area contributed by atoms with Gasteiger partial charge < -0.3 is 15.0 Å². The number of hydrogen-bond acceptors (Lipinski definition) is 4. The van der Waals surface area contributed by atoms with E-state index in [0.29, 0.717) is 30.3 Å². The second kappa shape index (κ2) is 7.40. The van der Waals surface area contributed by atoms with E-state index < -0.39 is 0 Å². The van der Waals surface area contributed by atoms with E-state index in [1.165, 1.54) is 0 Å². The quantitative estimate of drug-likeness (QED) is 0.576. The van der Waals surface area contributed by atoms with E-state index >= 15 is 0 Å². The average Bonchev–Trinajstić information content (AvgIpc) is 2.42. The van der Waals surface area contributed by atoms with Crippen LogP contribution in [0.2, 0.25) is 0 Å². The molecule has 0 aromatic heterocycles. The van der Waals surface area contributed by atoms with E-state index in [9.17, 15) is 0 Å². The van der Waals surface area contributed by atoms with Crippen LogP contribution in [0.5, 0.6) is 0 Å². The molecule has 0 saturated carbocycles. The lowest BCUT2D eigenvalue weighted by Crippen LogP contribution is -2.35. The zero-order valence-electron chi connectivity index (χ0n) is 10.6. The maximum atomic E-state index is 7.99. The maximum absolute atomic E-state index is 7.99. The van der Waals surface area contributed by atoms with Crippen LogP contribution < -0.4 is 0 Å². The van der Waals surface area contributed by atoms with Crippen molar-refractivity contribution in [3.63, 3.8) is 0 Å². The van der Waals surface area contributed by atoms with Crippen LogP contribution in [0.4, 0.5) is 0 Å². The zero-order chi connectivity index (χ0) is 13.4. The fraction of sp³-hybridized carbons (Fsp3) is 0.286. The lowest BCUT2D eigenvalue weighted by Gasteiger charge is -2.28. The molecule has 0 unspecified atom stereocenters. The minimum atomic E-state index is 0.346. The summed E-state index contributed by atoms with van der Waals surface area (Å²) in [4.78, 5) is 6.04. The Hall–Kier alpha value is -1.94. The molecule has 0 bridgehead atoms. The Kier molecular flexibility index (Phi) is 5.80. The standard InChI is InChI=1S/C14H19N3O/c1-4-6-12(5-2)13(15)11-14(16-3)17-7-9-18-10-8-17/h4-6,11,15H,1-3,7-10H2/b12-6+,14-11+,15-13?. The smallest absolute Gasteiger partial charge is 0.130 e.